The van der Waals surface area contributed by atoms with E-state index < -0.39 is 18.0 Å². The zero-order valence-corrected chi connectivity index (χ0v) is 15.8. The molecule has 0 spiro atoms. The summed E-state index contributed by atoms with van der Waals surface area (Å²) in [6, 6.07) is 12.3. The van der Waals surface area contributed by atoms with Crippen LogP contribution in [0.1, 0.15) is 29.2 Å². The van der Waals surface area contributed by atoms with Gasteiger partial charge in [0.1, 0.15) is 5.75 Å². The van der Waals surface area contributed by atoms with Gasteiger partial charge >= 0.3 is 5.97 Å². The summed E-state index contributed by atoms with van der Waals surface area (Å²) in [5, 5.41) is 11.4. The third kappa shape index (κ3) is 5.58. The smallest absolute Gasteiger partial charge is 0.344 e. The van der Waals surface area contributed by atoms with Crippen molar-refractivity contribution in [3.63, 3.8) is 0 Å². The van der Waals surface area contributed by atoms with E-state index in [1.165, 1.54) is 6.92 Å². The number of esters is 1. The number of carbonyl (C=O) groups is 2. The van der Waals surface area contributed by atoms with Gasteiger partial charge in [-0.3, -0.25) is 4.79 Å². The summed E-state index contributed by atoms with van der Waals surface area (Å²) >= 11 is 0. The second-order valence-corrected chi connectivity index (χ2v) is 6.33. The summed E-state index contributed by atoms with van der Waals surface area (Å²) < 4.78 is 10.7. The van der Waals surface area contributed by atoms with Crippen LogP contribution >= 0.6 is 0 Å². The van der Waals surface area contributed by atoms with Crippen LogP contribution in [0.2, 0.25) is 0 Å². The molecule has 0 unspecified atom stereocenters. The van der Waals surface area contributed by atoms with Crippen LogP contribution < -0.4 is 10.1 Å². The highest BCUT2D eigenvalue weighted by atomic mass is 16.6. The predicted octanol–water partition coefficient (Wildman–Crippen LogP) is 3.43. The minimum atomic E-state index is -0.975. The Hall–Kier alpha value is -3.33. The van der Waals surface area contributed by atoms with Crippen LogP contribution in [-0.2, 0) is 14.3 Å². The van der Waals surface area contributed by atoms with Gasteiger partial charge in [0.25, 0.3) is 5.91 Å². The third-order valence-electron chi connectivity index (χ3n) is 3.90. The Morgan fingerprint density at radius 1 is 1.11 bits per heavy atom. The molecule has 0 saturated heterocycles. The van der Waals surface area contributed by atoms with Gasteiger partial charge in [-0.2, -0.15) is 5.26 Å². The van der Waals surface area contributed by atoms with Crippen LogP contribution in [0.25, 0.3) is 0 Å². The Kier molecular flexibility index (Phi) is 6.56. The average Bonchev–Trinajstić information content (AvgIpc) is 2.61. The topological polar surface area (TPSA) is 88.4 Å². The second-order valence-electron chi connectivity index (χ2n) is 6.33. The van der Waals surface area contributed by atoms with E-state index in [0.29, 0.717) is 17.0 Å². The van der Waals surface area contributed by atoms with Gasteiger partial charge in [-0.15, -0.1) is 0 Å². The Labute approximate surface area is 158 Å². The standard InChI is InChI=1S/C21H22N2O4/c1-13-9-14(2)20(15(3)10-13)26-12-19(24)27-16(4)21(25)23-18-7-5-17(11-22)6-8-18/h5-10,16H,12H2,1-4H3,(H,23,25)/t16-/m1/s1. The second kappa shape index (κ2) is 8.86. The van der Waals surface area contributed by atoms with Crippen LogP contribution in [-0.4, -0.2) is 24.6 Å². The van der Waals surface area contributed by atoms with Crippen molar-refractivity contribution in [1.29, 1.82) is 5.26 Å². The molecule has 0 heterocycles. The number of carbonyl (C=O) groups excluding carboxylic acids is 2. The number of nitrogens with zero attached hydrogens (tertiary/aromatic N) is 1. The lowest BCUT2D eigenvalue weighted by Crippen LogP contribution is -2.31. The highest BCUT2D eigenvalue weighted by Gasteiger charge is 2.19. The van der Waals surface area contributed by atoms with E-state index in [2.05, 4.69) is 5.32 Å². The van der Waals surface area contributed by atoms with Gasteiger partial charge in [0.05, 0.1) is 11.6 Å². The molecule has 6 nitrogen and oxygen atoms in total. The predicted molar refractivity (Wildman–Crippen MR) is 101 cm³/mol. The molecule has 2 aromatic carbocycles. The number of rotatable bonds is 6. The fourth-order valence-electron chi connectivity index (χ4n) is 2.68. The maximum Gasteiger partial charge on any atom is 0.344 e. The molecule has 1 N–H and O–H groups in total. The Balaban J connectivity index is 1.87. The van der Waals surface area contributed by atoms with E-state index in [4.69, 9.17) is 14.7 Å². The van der Waals surface area contributed by atoms with E-state index in [0.717, 1.165) is 16.7 Å². The maximum absolute atomic E-state index is 12.1. The average molecular weight is 366 g/mol. The van der Waals surface area contributed by atoms with E-state index >= 15 is 0 Å². The first-order chi connectivity index (χ1) is 12.8. The van der Waals surface area contributed by atoms with Crippen LogP contribution in [0.4, 0.5) is 5.69 Å². The number of anilines is 1. The number of hydrogen-bond donors (Lipinski definition) is 1. The summed E-state index contributed by atoms with van der Waals surface area (Å²) in [7, 11) is 0. The molecule has 2 aromatic rings. The number of nitriles is 1. The van der Waals surface area contributed by atoms with Crippen molar-refractivity contribution in [3.8, 4) is 11.8 Å². The normalized spacial score (nSPS) is 11.2. The van der Waals surface area contributed by atoms with Crippen LogP contribution in [0.15, 0.2) is 36.4 Å². The SMILES string of the molecule is Cc1cc(C)c(OCC(=O)O[C@H](C)C(=O)Nc2ccc(C#N)cc2)c(C)c1. The van der Waals surface area contributed by atoms with Crippen molar-refractivity contribution in [1.82, 2.24) is 0 Å². The van der Waals surface area contributed by atoms with Gasteiger partial charge in [0.2, 0.25) is 0 Å². The van der Waals surface area contributed by atoms with Gasteiger partial charge < -0.3 is 14.8 Å². The van der Waals surface area contributed by atoms with E-state index in [-0.39, 0.29) is 6.61 Å². The summed E-state index contributed by atoms with van der Waals surface area (Å²) in [6.07, 6.45) is -0.975. The first kappa shape index (κ1) is 20.0. The third-order valence-corrected chi connectivity index (χ3v) is 3.90. The van der Waals surface area contributed by atoms with Crippen molar-refractivity contribution >= 4 is 17.6 Å². The molecule has 0 aliphatic heterocycles. The molecule has 0 aliphatic carbocycles. The van der Waals surface area contributed by atoms with Crippen LogP contribution in [0.5, 0.6) is 5.75 Å². The number of ether oxygens (including phenoxy) is 2. The highest BCUT2D eigenvalue weighted by molar-refractivity contribution is 5.95. The summed E-state index contributed by atoms with van der Waals surface area (Å²) in [5.41, 5.74) is 4.00. The van der Waals surface area contributed by atoms with Crippen LogP contribution in [0, 0.1) is 32.1 Å². The molecule has 27 heavy (non-hydrogen) atoms. The molecule has 0 radical (unpaired) electrons. The Morgan fingerprint density at radius 3 is 2.26 bits per heavy atom. The first-order valence-electron chi connectivity index (χ1n) is 8.51. The number of amides is 1. The Bertz CT molecular complexity index is 859. The molecular formula is C21H22N2O4. The van der Waals surface area contributed by atoms with Gasteiger partial charge in [0, 0.05) is 5.69 Å². The summed E-state index contributed by atoms with van der Waals surface area (Å²) in [5.74, 6) is -0.445. The zero-order valence-electron chi connectivity index (χ0n) is 15.8. The number of benzene rings is 2. The minimum absolute atomic E-state index is 0.279. The monoisotopic (exact) mass is 366 g/mol. The molecule has 0 bridgehead atoms. The fourth-order valence-corrected chi connectivity index (χ4v) is 2.68. The summed E-state index contributed by atoms with van der Waals surface area (Å²) in [4.78, 5) is 24.1. The molecule has 2 rings (SSSR count). The van der Waals surface area contributed by atoms with Crippen molar-refractivity contribution < 1.29 is 19.1 Å². The van der Waals surface area contributed by atoms with Crippen molar-refractivity contribution in [2.75, 3.05) is 11.9 Å². The molecule has 0 saturated carbocycles. The first-order valence-corrected chi connectivity index (χ1v) is 8.51. The number of hydrogen-bond acceptors (Lipinski definition) is 5. The van der Waals surface area contributed by atoms with E-state index in [1.807, 2.05) is 39.0 Å². The molecule has 0 fully saturated rings. The highest BCUT2D eigenvalue weighted by Crippen LogP contribution is 2.24. The minimum Gasteiger partial charge on any atom is -0.481 e. The largest absolute Gasteiger partial charge is 0.481 e. The fraction of sp³-hybridized carbons (Fsp3) is 0.286. The summed E-state index contributed by atoms with van der Waals surface area (Å²) in [6.45, 7) is 7.02. The van der Waals surface area contributed by atoms with Gasteiger partial charge in [-0.05, 0) is 63.1 Å². The lowest BCUT2D eigenvalue weighted by molar-refractivity contribution is -0.155. The van der Waals surface area contributed by atoms with Crippen molar-refractivity contribution in [2.45, 2.75) is 33.8 Å². The zero-order chi connectivity index (χ0) is 20.0. The maximum atomic E-state index is 12.1. The molecule has 1 amide bonds. The molecule has 140 valence electrons. The molecule has 6 heteroatoms. The molecule has 0 aromatic heterocycles. The molecule has 1 atom stereocenters. The van der Waals surface area contributed by atoms with E-state index in [1.54, 1.807) is 24.3 Å². The van der Waals surface area contributed by atoms with Crippen LogP contribution in [0.3, 0.4) is 0 Å². The van der Waals surface area contributed by atoms with E-state index in [9.17, 15) is 9.59 Å². The lowest BCUT2D eigenvalue weighted by Gasteiger charge is -2.15. The quantitative estimate of drug-likeness (QED) is 0.791. The van der Waals surface area contributed by atoms with Gasteiger partial charge in [-0.1, -0.05) is 17.7 Å². The Morgan fingerprint density at radius 2 is 1.70 bits per heavy atom. The van der Waals surface area contributed by atoms with Crippen molar-refractivity contribution in [3.05, 3.63) is 58.7 Å². The lowest BCUT2D eigenvalue weighted by atomic mass is 10.1. The molecular weight excluding hydrogens is 344 g/mol. The van der Waals surface area contributed by atoms with Gasteiger partial charge in [0.15, 0.2) is 12.7 Å². The molecule has 0 aliphatic rings. The number of aryl methyl sites for hydroxylation is 3. The number of nitrogens with one attached hydrogen (secondary N) is 1. The van der Waals surface area contributed by atoms with Gasteiger partial charge in [-0.25, -0.2) is 4.79 Å². The van der Waals surface area contributed by atoms with Crippen molar-refractivity contribution in [2.24, 2.45) is 0 Å².